The maximum absolute atomic E-state index is 13.2. The van der Waals surface area contributed by atoms with Crippen LogP contribution in [-0.4, -0.2) is 57.0 Å². The van der Waals surface area contributed by atoms with Gasteiger partial charge in [0.1, 0.15) is 5.60 Å². The molecule has 0 radical (unpaired) electrons. The third kappa shape index (κ3) is 4.35. The molecule has 2 amide bonds. The van der Waals surface area contributed by atoms with Crippen molar-refractivity contribution < 1.29 is 14.3 Å². The maximum atomic E-state index is 13.2. The van der Waals surface area contributed by atoms with E-state index in [9.17, 15) is 19.2 Å². The zero-order valence-electron chi connectivity index (χ0n) is 18.1. The van der Waals surface area contributed by atoms with Crippen molar-refractivity contribution in [1.29, 1.82) is 0 Å². The SMILES string of the molecule is CC(C)(C)OC(=O)N1CCC(C(=O)N2CCc3ccc4[nH]c(=O)c(=O)[nH]c4c3C2)CC1. The Balaban J connectivity index is 1.46. The molecule has 0 bridgehead atoms. The highest BCUT2D eigenvalue weighted by atomic mass is 16.6. The van der Waals surface area contributed by atoms with E-state index in [0.717, 1.165) is 11.1 Å². The predicted molar refractivity (Wildman–Crippen MR) is 115 cm³/mol. The molecule has 2 aliphatic heterocycles. The van der Waals surface area contributed by atoms with Crippen LogP contribution < -0.4 is 11.1 Å². The van der Waals surface area contributed by atoms with Crippen LogP contribution in [0.15, 0.2) is 21.7 Å². The molecule has 2 N–H and O–H groups in total. The predicted octanol–water partition coefficient (Wildman–Crippen LogP) is 1.75. The van der Waals surface area contributed by atoms with Crippen molar-refractivity contribution in [3.63, 3.8) is 0 Å². The van der Waals surface area contributed by atoms with E-state index >= 15 is 0 Å². The zero-order valence-corrected chi connectivity index (χ0v) is 18.1. The quantitative estimate of drug-likeness (QED) is 0.672. The average Bonchev–Trinajstić information content (AvgIpc) is 2.72. The smallest absolute Gasteiger partial charge is 0.410 e. The van der Waals surface area contributed by atoms with Crippen LogP contribution in [0.2, 0.25) is 0 Å². The Morgan fingerprint density at radius 1 is 1.00 bits per heavy atom. The second kappa shape index (κ2) is 7.86. The minimum Gasteiger partial charge on any atom is -0.444 e. The largest absolute Gasteiger partial charge is 0.444 e. The number of nitrogens with one attached hydrogen (secondary N) is 2. The third-order valence-corrected chi connectivity index (χ3v) is 5.91. The molecule has 1 aromatic carbocycles. The van der Waals surface area contributed by atoms with Crippen molar-refractivity contribution in [2.45, 2.75) is 52.2 Å². The Morgan fingerprint density at radius 3 is 2.35 bits per heavy atom. The van der Waals surface area contributed by atoms with Gasteiger partial charge in [0.15, 0.2) is 0 Å². The van der Waals surface area contributed by atoms with Gasteiger partial charge in [0.25, 0.3) is 0 Å². The number of aromatic nitrogens is 2. The number of aromatic amines is 2. The van der Waals surface area contributed by atoms with Crippen molar-refractivity contribution in [2.75, 3.05) is 19.6 Å². The number of carbonyl (C=O) groups excluding carboxylic acids is 2. The average molecular weight is 428 g/mol. The van der Waals surface area contributed by atoms with E-state index in [-0.39, 0.29) is 17.9 Å². The lowest BCUT2D eigenvalue weighted by Gasteiger charge is -2.36. The van der Waals surface area contributed by atoms with Crippen LogP contribution in [0.4, 0.5) is 4.79 Å². The summed E-state index contributed by atoms with van der Waals surface area (Å²) in [5.41, 5.74) is 1.16. The number of piperidine rings is 1. The van der Waals surface area contributed by atoms with Gasteiger partial charge >= 0.3 is 17.2 Å². The molecule has 3 heterocycles. The lowest BCUT2D eigenvalue weighted by molar-refractivity contribution is -0.138. The molecule has 1 fully saturated rings. The first-order valence-corrected chi connectivity index (χ1v) is 10.7. The Bertz CT molecular complexity index is 1140. The highest BCUT2D eigenvalue weighted by molar-refractivity contribution is 5.83. The van der Waals surface area contributed by atoms with Crippen LogP contribution in [0.1, 0.15) is 44.7 Å². The molecule has 0 aliphatic carbocycles. The van der Waals surface area contributed by atoms with Crippen molar-refractivity contribution in [3.05, 3.63) is 44.0 Å². The summed E-state index contributed by atoms with van der Waals surface area (Å²) in [4.78, 5) is 57.7. The first kappa shape index (κ1) is 21.1. The third-order valence-electron chi connectivity index (χ3n) is 5.91. The molecular formula is C22H28N4O5. The monoisotopic (exact) mass is 428 g/mol. The van der Waals surface area contributed by atoms with E-state index in [4.69, 9.17) is 4.74 Å². The van der Waals surface area contributed by atoms with Gasteiger partial charge in [0.05, 0.1) is 11.0 Å². The molecule has 2 aliphatic rings. The Labute approximate surface area is 179 Å². The summed E-state index contributed by atoms with van der Waals surface area (Å²) in [5.74, 6) is -0.0765. The normalized spacial score (nSPS) is 17.5. The van der Waals surface area contributed by atoms with E-state index in [1.54, 1.807) is 11.0 Å². The van der Waals surface area contributed by atoms with Crippen LogP contribution in [-0.2, 0) is 22.5 Å². The van der Waals surface area contributed by atoms with Gasteiger partial charge in [-0.3, -0.25) is 14.4 Å². The van der Waals surface area contributed by atoms with Gasteiger partial charge < -0.3 is 24.5 Å². The van der Waals surface area contributed by atoms with Gasteiger partial charge in [-0.15, -0.1) is 0 Å². The van der Waals surface area contributed by atoms with Crippen molar-refractivity contribution in [1.82, 2.24) is 19.8 Å². The van der Waals surface area contributed by atoms with E-state index in [2.05, 4.69) is 9.97 Å². The van der Waals surface area contributed by atoms with Crippen molar-refractivity contribution >= 4 is 23.0 Å². The lowest BCUT2D eigenvalue weighted by atomic mass is 9.92. The molecule has 31 heavy (non-hydrogen) atoms. The highest BCUT2D eigenvalue weighted by Crippen LogP contribution is 2.28. The van der Waals surface area contributed by atoms with Gasteiger partial charge in [0.2, 0.25) is 5.91 Å². The number of ether oxygens (including phenoxy) is 1. The number of H-pyrrole nitrogens is 2. The minimum absolute atomic E-state index is 0.0678. The molecule has 0 spiro atoms. The Kier molecular flexibility index (Phi) is 5.36. The number of likely N-dealkylation sites (tertiary alicyclic amines) is 1. The highest BCUT2D eigenvalue weighted by Gasteiger charge is 2.33. The lowest BCUT2D eigenvalue weighted by Crippen LogP contribution is -2.46. The number of fused-ring (bicyclic) bond motifs is 3. The van der Waals surface area contributed by atoms with Gasteiger partial charge in [-0.25, -0.2) is 4.79 Å². The molecular weight excluding hydrogens is 400 g/mol. The molecule has 9 heteroatoms. The standard InChI is InChI=1S/C22H28N4O5/c1-22(2,3)31-21(30)25-9-7-14(8-10-25)20(29)26-11-6-13-4-5-16-17(15(13)12-26)24-19(28)18(27)23-16/h4-5,14H,6-12H2,1-3H3,(H,23,27)(H,24,28). The molecule has 9 nitrogen and oxygen atoms in total. The number of amides is 2. The fourth-order valence-electron chi connectivity index (χ4n) is 4.31. The fourth-order valence-corrected chi connectivity index (χ4v) is 4.31. The fraction of sp³-hybridized carbons (Fsp3) is 0.545. The molecule has 4 rings (SSSR count). The van der Waals surface area contributed by atoms with Crippen molar-refractivity contribution in [3.8, 4) is 0 Å². The Morgan fingerprint density at radius 2 is 1.68 bits per heavy atom. The second-order valence-corrected chi connectivity index (χ2v) is 9.29. The van der Waals surface area contributed by atoms with Gasteiger partial charge in [0, 0.05) is 37.7 Å². The molecule has 1 saturated heterocycles. The summed E-state index contributed by atoms with van der Waals surface area (Å²) in [6.45, 7) is 7.49. The summed E-state index contributed by atoms with van der Waals surface area (Å²) in [6, 6.07) is 3.72. The summed E-state index contributed by atoms with van der Waals surface area (Å²) in [6.07, 6.45) is 1.55. The summed E-state index contributed by atoms with van der Waals surface area (Å²) < 4.78 is 5.42. The van der Waals surface area contributed by atoms with Gasteiger partial charge in [-0.05, 0) is 51.7 Å². The second-order valence-electron chi connectivity index (χ2n) is 9.29. The number of rotatable bonds is 1. The number of carbonyl (C=O) groups is 2. The Hall–Kier alpha value is -3.10. The first-order chi connectivity index (χ1) is 14.6. The molecule has 1 aromatic heterocycles. The number of hydrogen-bond donors (Lipinski definition) is 2. The van der Waals surface area contributed by atoms with E-state index < -0.39 is 16.7 Å². The number of hydrogen-bond acceptors (Lipinski definition) is 5. The van der Waals surface area contributed by atoms with Crippen LogP contribution in [0.3, 0.4) is 0 Å². The topological polar surface area (TPSA) is 116 Å². The summed E-state index contributed by atoms with van der Waals surface area (Å²) >= 11 is 0. The number of nitrogens with zero attached hydrogens (tertiary/aromatic N) is 2. The molecule has 166 valence electrons. The van der Waals surface area contributed by atoms with Crippen LogP contribution in [0.5, 0.6) is 0 Å². The van der Waals surface area contributed by atoms with Crippen LogP contribution >= 0.6 is 0 Å². The summed E-state index contributed by atoms with van der Waals surface area (Å²) in [5, 5.41) is 0. The van der Waals surface area contributed by atoms with E-state index in [1.165, 1.54) is 0 Å². The minimum atomic E-state index is -0.695. The molecule has 2 aromatic rings. The maximum Gasteiger partial charge on any atom is 0.410 e. The molecule has 0 atom stereocenters. The van der Waals surface area contributed by atoms with Gasteiger partial charge in [-0.1, -0.05) is 6.07 Å². The van der Waals surface area contributed by atoms with E-state index in [1.807, 2.05) is 31.7 Å². The van der Waals surface area contributed by atoms with E-state index in [0.29, 0.717) is 56.5 Å². The van der Waals surface area contributed by atoms with Gasteiger partial charge in [-0.2, -0.15) is 0 Å². The first-order valence-electron chi connectivity index (χ1n) is 10.7. The van der Waals surface area contributed by atoms with Crippen LogP contribution in [0, 0.1) is 5.92 Å². The molecule has 0 unspecified atom stereocenters. The zero-order chi connectivity index (χ0) is 22.3. The molecule has 0 saturated carbocycles. The number of benzene rings is 1. The van der Waals surface area contributed by atoms with Crippen LogP contribution in [0.25, 0.3) is 11.0 Å². The summed E-state index contributed by atoms with van der Waals surface area (Å²) in [7, 11) is 0. The van der Waals surface area contributed by atoms with Crippen molar-refractivity contribution in [2.24, 2.45) is 5.92 Å².